The standard InChI is InChI=1S/C19H20N2O2/c1-12-3-4-16(19(22)20-17-9-10-17)11-18(12)15-7-5-14(6-8-15)13(2)21-23/h3-8,11,17,23H,9-10H2,1-2H3,(H,20,22). The van der Waals surface area contributed by atoms with Crippen LogP contribution in [-0.4, -0.2) is 22.9 Å². The highest BCUT2D eigenvalue weighted by molar-refractivity contribution is 5.99. The quantitative estimate of drug-likeness (QED) is 0.513. The fourth-order valence-electron chi connectivity index (χ4n) is 2.52. The summed E-state index contributed by atoms with van der Waals surface area (Å²) in [5.74, 6) is -0.00590. The highest BCUT2D eigenvalue weighted by atomic mass is 16.4. The molecule has 0 aliphatic heterocycles. The van der Waals surface area contributed by atoms with Crippen LogP contribution in [0.1, 0.15) is 41.3 Å². The number of aryl methyl sites for hydroxylation is 1. The second-order valence-corrected chi connectivity index (χ2v) is 6.04. The number of carbonyl (C=O) groups excluding carboxylic acids is 1. The number of oxime groups is 1. The minimum atomic E-state index is -0.00590. The second-order valence-electron chi connectivity index (χ2n) is 6.04. The molecule has 0 saturated heterocycles. The van der Waals surface area contributed by atoms with Crippen molar-refractivity contribution in [3.8, 4) is 11.1 Å². The third kappa shape index (κ3) is 3.42. The lowest BCUT2D eigenvalue weighted by Gasteiger charge is -2.10. The predicted octanol–water partition coefficient (Wildman–Crippen LogP) is 3.75. The monoisotopic (exact) mass is 308 g/mol. The highest BCUT2D eigenvalue weighted by Crippen LogP contribution is 2.26. The fraction of sp³-hybridized carbons (Fsp3) is 0.263. The molecule has 0 spiro atoms. The summed E-state index contributed by atoms with van der Waals surface area (Å²) in [5.41, 5.74) is 5.34. The first kappa shape index (κ1) is 15.3. The van der Waals surface area contributed by atoms with Crippen molar-refractivity contribution in [2.75, 3.05) is 0 Å². The summed E-state index contributed by atoms with van der Waals surface area (Å²) in [7, 11) is 0. The van der Waals surface area contributed by atoms with Crippen LogP contribution in [0.5, 0.6) is 0 Å². The second kappa shape index (κ2) is 6.24. The van der Waals surface area contributed by atoms with E-state index < -0.39 is 0 Å². The van der Waals surface area contributed by atoms with Crippen LogP contribution in [0.2, 0.25) is 0 Å². The number of rotatable bonds is 4. The van der Waals surface area contributed by atoms with E-state index >= 15 is 0 Å². The Kier molecular flexibility index (Phi) is 4.15. The van der Waals surface area contributed by atoms with Gasteiger partial charge in [0, 0.05) is 11.6 Å². The largest absolute Gasteiger partial charge is 0.411 e. The average molecular weight is 308 g/mol. The molecule has 3 rings (SSSR count). The number of nitrogens with one attached hydrogen (secondary N) is 1. The van der Waals surface area contributed by atoms with Crippen LogP contribution in [0.4, 0.5) is 0 Å². The van der Waals surface area contributed by atoms with Gasteiger partial charge >= 0.3 is 0 Å². The van der Waals surface area contributed by atoms with Gasteiger partial charge in [0.15, 0.2) is 0 Å². The summed E-state index contributed by atoms with van der Waals surface area (Å²) in [4.78, 5) is 12.2. The van der Waals surface area contributed by atoms with Gasteiger partial charge in [-0.2, -0.15) is 0 Å². The lowest BCUT2D eigenvalue weighted by molar-refractivity contribution is 0.0951. The van der Waals surface area contributed by atoms with Gasteiger partial charge in [-0.1, -0.05) is 35.5 Å². The molecule has 0 atom stereocenters. The fourth-order valence-corrected chi connectivity index (χ4v) is 2.52. The molecule has 0 heterocycles. The predicted molar refractivity (Wildman–Crippen MR) is 91.1 cm³/mol. The minimum Gasteiger partial charge on any atom is -0.411 e. The first-order valence-corrected chi connectivity index (χ1v) is 7.79. The molecule has 1 amide bonds. The van der Waals surface area contributed by atoms with Crippen molar-refractivity contribution >= 4 is 11.6 Å². The topological polar surface area (TPSA) is 61.7 Å². The number of benzene rings is 2. The normalized spacial score (nSPS) is 14.6. The molecule has 0 bridgehead atoms. The van der Waals surface area contributed by atoms with Crippen molar-refractivity contribution in [2.24, 2.45) is 5.16 Å². The summed E-state index contributed by atoms with van der Waals surface area (Å²) >= 11 is 0. The Morgan fingerprint density at radius 1 is 1.13 bits per heavy atom. The van der Waals surface area contributed by atoms with E-state index in [4.69, 9.17) is 5.21 Å². The molecule has 1 aliphatic carbocycles. The SMILES string of the molecule is CC(=NO)c1ccc(-c2cc(C(=O)NC3CC3)ccc2C)cc1. The molecule has 4 heteroatoms. The Labute approximate surface area is 135 Å². The van der Waals surface area contributed by atoms with Gasteiger partial charge in [-0.3, -0.25) is 4.79 Å². The molecular formula is C19H20N2O2. The molecule has 2 N–H and O–H groups in total. The molecule has 1 fully saturated rings. The van der Waals surface area contributed by atoms with Crippen LogP contribution in [0, 0.1) is 6.92 Å². The lowest BCUT2D eigenvalue weighted by Crippen LogP contribution is -2.25. The number of nitrogens with zero attached hydrogens (tertiary/aromatic N) is 1. The number of carbonyl (C=O) groups is 1. The van der Waals surface area contributed by atoms with E-state index in [9.17, 15) is 4.79 Å². The highest BCUT2D eigenvalue weighted by Gasteiger charge is 2.24. The Balaban J connectivity index is 1.90. The van der Waals surface area contributed by atoms with Gasteiger partial charge in [0.05, 0.1) is 5.71 Å². The molecule has 1 aliphatic rings. The summed E-state index contributed by atoms with van der Waals surface area (Å²) in [6.45, 7) is 3.79. The molecule has 23 heavy (non-hydrogen) atoms. The van der Waals surface area contributed by atoms with Crippen molar-refractivity contribution in [3.05, 3.63) is 59.2 Å². The molecule has 2 aromatic rings. The first-order valence-electron chi connectivity index (χ1n) is 7.79. The van der Waals surface area contributed by atoms with Crippen molar-refractivity contribution in [1.29, 1.82) is 0 Å². The van der Waals surface area contributed by atoms with E-state index in [1.165, 1.54) is 0 Å². The Hall–Kier alpha value is -2.62. The van der Waals surface area contributed by atoms with Crippen LogP contribution in [0.15, 0.2) is 47.6 Å². The third-order valence-corrected chi connectivity index (χ3v) is 4.18. The summed E-state index contributed by atoms with van der Waals surface area (Å²) in [5, 5.41) is 15.1. The van der Waals surface area contributed by atoms with Crippen molar-refractivity contribution in [1.82, 2.24) is 5.32 Å². The van der Waals surface area contributed by atoms with E-state index in [1.807, 2.05) is 49.4 Å². The Morgan fingerprint density at radius 3 is 2.39 bits per heavy atom. The maximum Gasteiger partial charge on any atom is 0.251 e. The molecule has 1 saturated carbocycles. The lowest BCUT2D eigenvalue weighted by atomic mass is 9.96. The first-order chi connectivity index (χ1) is 11.1. The van der Waals surface area contributed by atoms with Crippen LogP contribution in [0.25, 0.3) is 11.1 Å². The van der Waals surface area contributed by atoms with E-state index in [2.05, 4.69) is 10.5 Å². The zero-order valence-electron chi connectivity index (χ0n) is 13.3. The molecule has 4 nitrogen and oxygen atoms in total. The summed E-state index contributed by atoms with van der Waals surface area (Å²) in [6, 6.07) is 13.9. The van der Waals surface area contributed by atoms with Gasteiger partial charge in [0.1, 0.15) is 0 Å². The summed E-state index contributed by atoms with van der Waals surface area (Å²) < 4.78 is 0. The van der Waals surface area contributed by atoms with Crippen molar-refractivity contribution in [3.63, 3.8) is 0 Å². The van der Waals surface area contributed by atoms with Crippen molar-refractivity contribution < 1.29 is 10.0 Å². The number of amides is 1. The number of hydrogen-bond donors (Lipinski definition) is 2. The minimum absolute atomic E-state index is 0.00590. The smallest absolute Gasteiger partial charge is 0.251 e. The van der Waals surface area contributed by atoms with Crippen LogP contribution in [-0.2, 0) is 0 Å². The Morgan fingerprint density at radius 2 is 1.78 bits per heavy atom. The zero-order valence-corrected chi connectivity index (χ0v) is 13.3. The van der Waals surface area contributed by atoms with Gasteiger partial charge in [-0.05, 0) is 61.1 Å². The molecule has 0 aromatic heterocycles. The van der Waals surface area contributed by atoms with Gasteiger partial charge in [-0.25, -0.2) is 0 Å². The van der Waals surface area contributed by atoms with Gasteiger partial charge in [0.25, 0.3) is 5.91 Å². The Bertz CT molecular complexity index is 759. The summed E-state index contributed by atoms with van der Waals surface area (Å²) in [6.07, 6.45) is 2.16. The molecule has 2 aromatic carbocycles. The van der Waals surface area contributed by atoms with Crippen LogP contribution in [0.3, 0.4) is 0 Å². The van der Waals surface area contributed by atoms with Gasteiger partial charge in [0.2, 0.25) is 0 Å². The van der Waals surface area contributed by atoms with E-state index in [1.54, 1.807) is 6.92 Å². The van der Waals surface area contributed by atoms with E-state index in [0.717, 1.165) is 35.1 Å². The van der Waals surface area contributed by atoms with E-state index in [-0.39, 0.29) is 5.91 Å². The van der Waals surface area contributed by atoms with Crippen LogP contribution >= 0.6 is 0 Å². The zero-order chi connectivity index (χ0) is 16.4. The molecule has 118 valence electrons. The molecule has 0 unspecified atom stereocenters. The van der Waals surface area contributed by atoms with E-state index in [0.29, 0.717) is 17.3 Å². The van der Waals surface area contributed by atoms with Crippen molar-refractivity contribution in [2.45, 2.75) is 32.7 Å². The average Bonchev–Trinajstić information content (AvgIpc) is 3.38. The third-order valence-electron chi connectivity index (χ3n) is 4.18. The molecule has 0 radical (unpaired) electrons. The van der Waals surface area contributed by atoms with Crippen LogP contribution < -0.4 is 5.32 Å². The van der Waals surface area contributed by atoms with Gasteiger partial charge < -0.3 is 10.5 Å². The molecular weight excluding hydrogens is 288 g/mol. The maximum absolute atomic E-state index is 12.2. The van der Waals surface area contributed by atoms with Gasteiger partial charge in [-0.15, -0.1) is 0 Å². The maximum atomic E-state index is 12.2. The number of hydrogen-bond acceptors (Lipinski definition) is 3.